The summed E-state index contributed by atoms with van der Waals surface area (Å²) in [6.45, 7) is 10.3. The van der Waals surface area contributed by atoms with Crippen LogP contribution in [-0.4, -0.2) is 35.5 Å². The van der Waals surface area contributed by atoms with Crippen LogP contribution in [0, 0.1) is 34.0 Å². The molecule has 1 saturated heterocycles. The van der Waals surface area contributed by atoms with Crippen LogP contribution in [-0.2, 0) is 27.1 Å². The number of aryl methyl sites for hydroxylation is 1. The molecule has 1 aromatic rings. The summed E-state index contributed by atoms with van der Waals surface area (Å²) in [7, 11) is 0. The van der Waals surface area contributed by atoms with E-state index in [0.29, 0.717) is 49.1 Å². The van der Waals surface area contributed by atoms with Gasteiger partial charge in [0.25, 0.3) is 0 Å². The molecule has 7 rings (SSSR count). The zero-order valence-electron chi connectivity index (χ0n) is 22.7. The highest BCUT2D eigenvalue weighted by molar-refractivity contribution is 5.87. The largest absolute Gasteiger partial charge is 0.389 e. The van der Waals surface area contributed by atoms with Crippen LogP contribution in [0.2, 0.25) is 0 Å². The van der Waals surface area contributed by atoms with E-state index >= 15 is 0 Å². The number of hydrogen-bond acceptors (Lipinski definition) is 4. The van der Waals surface area contributed by atoms with Crippen molar-refractivity contribution in [2.24, 2.45) is 34.0 Å². The van der Waals surface area contributed by atoms with E-state index in [1.165, 1.54) is 16.7 Å². The molecule has 0 radical (unpaired) electrons. The van der Waals surface area contributed by atoms with Gasteiger partial charge >= 0.3 is 0 Å². The predicted molar refractivity (Wildman–Crippen MR) is 139 cm³/mol. The first-order valence-corrected chi connectivity index (χ1v) is 14.7. The van der Waals surface area contributed by atoms with Gasteiger partial charge in [0.2, 0.25) is 0 Å². The Morgan fingerprint density at radius 2 is 1.83 bits per heavy atom. The highest BCUT2D eigenvalue weighted by Crippen LogP contribution is 2.73. The average Bonchev–Trinajstić information content (AvgIpc) is 3.15. The van der Waals surface area contributed by atoms with Crippen molar-refractivity contribution >= 4 is 5.78 Å². The zero-order valence-corrected chi connectivity index (χ0v) is 22.7. The number of Topliss-reactive ketones (excluding diaryl/α,β-unsaturated/α-hetero) is 1. The molecule has 7 atom stereocenters. The Morgan fingerprint density at radius 3 is 2.58 bits per heavy atom. The van der Waals surface area contributed by atoms with E-state index in [9.17, 15) is 9.90 Å². The van der Waals surface area contributed by atoms with Crippen molar-refractivity contribution in [2.45, 2.75) is 109 Å². The Morgan fingerprint density at radius 1 is 1.06 bits per heavy atom. The molecule has 4 heteroatoms. The van der Waals surface area contributed by atoms with E-state index in [1.807, 2.05) is 0 Å². The molecule has 0 amide bonds. The maximum atomic E-state index is 13.3. The summed E-state index contributed by atoms with van der Waals surface area (Å²) < 4.78 is 13.0. The summed E-state index contributed by atoms with van der Waals surface area (Å²) in [5.74, 6) is 1.66. The van der Waals surface area contributed by atoms with Crippen LogP contribution in [0.4, 0.5) is 0 Å². The number of benzene rings is 1. The SMILES string of the molecule is CCc1ccc2c(c1)C[C@]13CCC4(C[C@]1(O)CC[C@@H]1C3C2C[C@]2(C)C(=O)CC[C@@H]12)OCC(C)(C)CO4. The first-order valence-electron chi connectivity index (χ1n) is 14.7. The summed E-state index contributed by atoms with van der Waals surface area (Å²) in [5.41, 5.74) is 3.17. The summed E-state index contributed by atoms with van der Waals surface area (Å²) in [6, 6.07) is 7.13. The van der Waals surface area contributed by atoms with Crippen molar-refractivity contribution < 1.29 is 19.4 Å². The van der Waals surface area contributed by atoms with Crippen molar-refractivity contribution in [3.8, 4) is 0 Å². The lowest BCUT2D eigenvalue weighted by atomic mass is 9.37. The molecule has 6 aliphatic rings. The lowest BCUT2D eigenvalue weighted by molar-refractivity contribution is -0.357. The van der Waals surface area contributed by atoms with Crippen LogP contribution in [0.3, 0.4) is 0 Å². The molecule has 0 aromatic heterocycles. The van der Waals surface area contributed by atoms with Crippen LogP contribution in [0.15, 0.2) is 18.2 Å². The molecule has 2 spiro atoms. The minimum absolute atomic E-state index is 0.0227. The third kappa shape index (κ3) is 3.01. The van der Waals surface area contributed by atoms with E-state index in [2.05, 4.69) is 45.9 Å². The van der Waals surface area contributed by atoms with Gasteiger partial charge in [-0.25, -0.2) is 0 Å². The van der Waals surface area contributed by atoms with E-state index in [4.69, 9.17) is 9.47 Å². The quantitative estimate of drug-likeness (QED) is 0.524. The number of carbonyl (C=O) groups excluding carboxylic acids is 1. The summed E-state index contributed by atoms with van der Waals surface area (Å²) in [4.78, 5) is 13.3. The average molecular weight is 493 g/mol. The number of fused-ring (bicyclic) bond motifs is 4. The van der Waals surface area contributed by atoms with Gasteiger partial charge < -0.3 is 14.6 Å². The number of ketones is 1. The fourth-order valence-corrected chi connectivity index (χ4v) is 10.3. The van der Waals surface area contributed by atoms with Crippen molar-refractivity contribution in [3.63, 3.8) is 0 Å². The normalized spacial score (nSPS) is 46.0. The number of ether oxygens (including phenoxy) is 2. The first kappa shape index (κ1) is 23.9. The smallest absolute Gasteiger partial charge is 0.171 e. The Balaban J connectivity index is 1.34. The summed E-state index contributed by atoms with van der Waals surface area (Å²) >= 11 is 0. The van der Waals surface area contributed by atoms with Crippen LogP contribution in [0.5, 0.6) is 0 Å². The number of carbonyl (C=O) groups is 1. The Kier molecular flexibility index (Phi) is 4.94. The molecule has 4 saturated carbocycles. The van der Waals surface area contributed by atoms with Gasteiger partial charge in [0.05, 0.1) is 18.8 Å². The number of hydrogen-bond donors (Lipinski definition) is 1. The highest BCUT2D eigenvalue weighted by atomic mass is 16.7. The minimum Gasteiger partial charge on any atom is -0.389 e. The summed E-state index contributed by atoms with van der Waals surface area (Å²) in [6.07, 6.45) is 8.99. The maximum Gasteiger partial charge on any atom is 0.171 e. The highest BCUT2D eigenvalue weighted by Gasteiger charge is 2.72. The minimum atomic E-state index is -0.789. The second-order valence-electron chi connectivity index (χ2n) is 14.6. The second kappa shape index (κ2) is 7.45. The van der Waals surface area contributed by atoms with Crippen molar-refractivity contribution in [2.75, 3.05) is 13.2 Å². The molecular weight excluding hydrogens is 448 g/mol. The van der Waals surface area contributed by atoms with Crippen LogP contribution < -0.4 is 0 Å². The molecule has 1 N–H and O–H groups in total. The standard InChI is InChI=1S/C32H44O4/c1-5-20-6-7-22-21(14-20)15-30-12-13-32(35-18-28(2,3)19-36-32)17-31(30,34)11-10-23-25-8-9-26(33)29(25,4)16-24(22)27(23)30/h6-7,14,23-25,27,34H,5,8-13,15-19H2,1-4H3/t23-,24?,25-,27?,29-,30-,31+/m0/s1. The van der Waals surface area contributed by atoms with Gasteiger partial charge in [-0.2, -0.15) is 0 Å². The third-order valence-electron chi connectivity index (χ3n) is 12.1. The summed E-state index contributed by atoms with van der Waals surface area (Å²) in [5, 5.41) is 12.8. The number of rotatable bonds is 1. The van der Waals surface area contributed by atoms with Crippen molar-refractivity contribution in [3.05, 3.63) is 34.9 Å². The van der Waals surface area contributed by atoms with Crippen LogP contribution in [0.1, 0.15) is 102 Å². The predicted octanol–water partition coefficient (Wildman–Crippen LogP) is 5.97. The number of aliphatic hydroxyl groups is 1. The molecule has 1 heterocycles. The van der Waals surface area contributed by atoms with Gasteiger partial charge in [0.1, 0.15) is 5.78 Å². The van der Waals surface area contributed by atoms with Crippen molar-refractivity contribution in [1.29, 1.82) is 0 Å². The van der Waals surface area contributed by atoms with Gasteiger partial charge in [-0.3, -0.25) is 4.79 Å². The molecular formula is C32H44O4. The van der Waals surface area contributed by atoms with E-state index in [0.717, 1.165) is 57.8 Å². The van der Waals surface area contributed by atoms with Crippen LogP contribution >= 0.6 is 0 Å². The molecule has 5 aliphatic carbocycles. The Bertz CT molecular complexity index is 1100. The van der Waals surface area contributed by atoms with Crippen LogP contribution in [0.25, 0.3) is 0 Å². The molecule has 0 bridgehead atoms. The lowest BCUT2D eigenvalue weighted by Crippen LogP contribution is -2.70. The zero-order chi connectivity index (χ0) is 25.1. The fourth-order valence-electron chi connectivity index (χ4n) is 10.3. The monoisotopic (exact) mass is 492 g/mol. The topological polar surface area (TPSA) is 55.8 Å². The first-order chi connectivity index (χ1) is 17.0. The molecule has 1 aliphatic heterocycles. The lowest BCUT2D eigenvalue weighted by Gasteiger charge is -2.69. The van der Waals surface area contributed by atoms with Gasteiger partial charge in [-0.1, -0.05) is 45.9 Å². The second-order valence-corrected chi connectivity index (χ2v) is 14.6. The van der Waals surface area contributed by atoms with E-state index in [-0.39, 0.29) is 16.2 Å². The molecule has 2 unspecified atom stereocenters. The van der Waals surface area contributed by atoms with Gasteiger partial charge in [0, 0.05) is 35.5 Å². The molecule has 4 nitrogen and oxygen atoms in total. The van der Waals surface area contributed by atoms with Gasteiger partial charge in [-0.05, 0) is 85.3 Å². The Hall–Kier alpha value is -1.23. The molecule has 36 heavy (non-hydrogen) atoms. The molecule has 5 fully saturated rings. The van der Waals surface area contributed by atoms with Gasteiger partial charge in [-0.15, -0.1) is 0 Å². The van der Waals surface area contributed by atoms with E-state index in [1.54, 1.807) is 0 Å². The van der Waals surface area contributed by atoms with Crippen molar-refractivity contribution in [1.82, 2.24) is 0 Å². The van der Waals surface area contributed by atoms with Gasteiger partial charge in [0.15, 0.2) is 5.79 Å². The third-order valence-corrected chi connectivity index (χ3v) is 12.1. The fraction of sp³-hybridized carbons (Fsp3) is 0.781. The maximum absolute atomic E-state index is 13.3. The molecule has 1 aromatic carbocycles. The Labute approximate surface area is 216 Å². The van der Waals surface area contributed by atoms with E-state index < -0.39 is 11.4 Å². The molecule has 196 valence electrons.